The highest BCUT2D eigenvalue weighted by Crippen LogP contribution is 2.06. The van der Waals surface area contributed by atoms with E-state index in [9.17, 15) is 0 Å². The molecule has 46 valence electrons. The molecule has 0 bridgehead atoms. The summed E-state index contributed by atoms with van der Waals surface area (Å²) in [6, 6.07) is 0. The summed E-state index contributed by atoms with van der Waals surface area (Å²) in [4.78, 5) is 0. The number of hydrogen-bond acceptors (Lipinski definition) is 2. The zero-order valence-corrected chi connectivity index (χ0v) is 5.41. The van der Waals surface area contributed by atoms with Gasteiger partial charge in [0.2, 0.25) is 0 Å². The van der Waals surface area contributed by atoms with Gasteiger partial charge in [0.25, 0.3) is 0 Å². The van der Waals surface area contributed by atoms with Crippen LogP contribution in [-0.4, -0.2) is 6.54 Å². The SMILES string of the molecule is CCC1=C(C)CNN1. The molecule has 1 rings (SSSR count). The third kappa shape index (κ3) is 0.842. The second-order valence-corrected chi connectivity index (χ2v) is 2.09. The first-order chi connectivity index (χ1) is 3.84. The average Bonchev–Trinajstić information content (AvgIpc) is 2.14. The van der Waals surface area contributed by atoms with Crippen LogP contribution < -0.4 is 10.9 Å². The van der Waals surface area contributed by atoms with Crippen LogP contribution in [0, 0.1) is 0 Å². The van der Waals surface area contributed by atoms with Crippen LogP contribution in [0.1, 0.15) is 20.3 Å². The molecular weight excluding hydrogens is 100 g/mol. The number of hydrazine groups is 1. The molecule has 0 aromatic heterocycles. The van der Waals surface area contributed by atoms with Gasteiger partial charge in [0, 0.05) is 12.2 Å². The van der Waals surface area contributed by atoms with Gasteiger partial charge in [-0.05, 0) is 18.9 Å². The fraction of sp³-hybridized carbons (Fsp3) is 0.667. The molecule has 0 aliphatic carbocycles. The maximum Gasteiger partial charge on any atom is 0.0375 e. The Morgan fingerprint density at radius 1 is 1.62 bits per heavy atom. The Morgan fingerprint density at radius 2 is 2.38 bits per heavy atom. The topological polar surface area (TPSA) is 24.1 Å². The summed E-state index contributed by atoms with van der Waals surface area (Å²) in [6.07, 6.45) is 1.11. The van der Waals surface area contributed by atoms with Crippen molar-refractivity contribution in [2.45, 2.75) is 20.3 Å². The lowest BCUT2D eigenvalue weighted by molar-refractivity contribution is 0.681. The molecular formula is C6H12N2. The molecule has 0 saturated heterocycles. The highest BCUT2D eigenvalue weighted by atomic mass is 15.4. The van der Waals surface area contributed by atoms with E-state index in [4.69, 9.17) is 0 Å². The van der Waals surface area contributed by atoms with Gasteiger partial charge in [0.05, 0.1) is 0 Å². The fourth-order valence-corrected chi connectivity index (χ4v) is 0.887. The first-order valence-corrected chi connectivity index (χ1v) is 3.02. The van der Waals surface area contributed by atoms with Crippen LogP contribution in [0.4, 0.5) is 0 Å². The maximum absolute atomic E-state index is 3.09. The summed E-state index contributed by atoms with van der Waals surface area (Å²) in [7, 11) is 0. The molecule has 1 heterocycles. The summed E-state index contributed by atoms with van der Waals surface area (Å²) in [5.41, 5.74) is 8.92. The van der Waals surface area contributed by atoms with Crippen molar-refractivity contribution >= 4 is 0 Å². The van der Waals surface area contributed by atoms with E-state index in [1.807, 2.05) is 0 Å². The van der Waals surface area contributed by atoms with Crippen LogP contribution in [0.5, 0.6) is 0 Å². The Morgan fingerprint density at radius 3 is 2.62 bits per heavy atom. The Balaban J connectivity index is 2.58. The second-order valence-electron chi connectivity index (χ2n) is 2.09. The predicted molar refractivity (Wildman–Crippen MR) is 34.1 cm³/mol. The lowest BCUT2D eigenvalue weighted by Crippen LogP contribution is -2.23. The van der Waals surface area contributed by atoms with Gasteiger partial charge in [-0.2, -0.15) is 0 Å². The van der Waals surface area contributed by atoms with Crippen molar-refractivity contribution in [3.63, 3.8) is 0 Å². The van der Waals surface area contributed by atoms with Crippen LogP contribution in [0.25, 0.3) is 0 Å². The molecule has 0 amide bonds. The molecule has 1 aliphatic rings. The Kier molecular flexibility index (Phi) is 1.53. The van der Waals surface area contributed by atoms with Crippen LogP contribution in [0.3, 0.4) is 0 Å². The van der Waals surface area contributed by atoms with Crippen LogP contribution in [-0.2, 0) is 0 Å². The van der Waals surface area contributed by atoms with Crippen molar-refractivity contribution in [3.05, 3.63) is 11.3 Å². The Hall–Kier alpha value is -0.500. The molecule has 0 aromatic rings. The van der Waals surface area contributed by atoms with Gasteiger partial charge in [0.15, 0.2) is 0 Å². The van der Waals surface area contributed by atoms with Crippen molar-refractivity contribution in [3.8, 4) is 0 Å². The van der Waals surface area contributed by atoms with E-state index in [0.29, 0.717) is 0 Å². The molecule has 1 aliphatic heterocycles. The highest BCUT2D eigenvalue weighted by Gasteiger charge is 2.04. The molecule has 8 heavy (non-hydrogen) atoms. The van der Waals surface area contributed by atoms with Crippen molar-refractivity contribution in [2.24, 2.45) is 0 Å². The highest BCUT2D eigenvalue weighted by molar-refractivity contribution is 5.14. The molecule has 0 spiro atoms. The van der Waals surface area contributed by atoms with Crippen molar-refractivity contribution in [1.29, 1.82) is 0 Å². The zero-order chi connectivity index (χ0) is 5.98. The van der Waals surface area contributed by atoms with Gasteiger partial charge in [-0.15, -0.1) is 0 Å². The summed E-state index contributed by atoms with van der Waals surface area (Å²) in [6.45, 7) is 5.30. The minimum absolute atomic E-state index is 1.00. The fourth-order valence-electron chi connectivity index (χ4n) is 0.887. The molecule has 2 nitrogen and oxygen atoms in total. The maximum atomic E-state index is 3.09. The minimum Gasteiger partial charge on any atom is -0.325 e. The van der Waals surface area contributed by atoms with Gasteiger partial charge < -0.3 is 5.43 Å². The largest absolute Gasteiger partial charge is 0.325 e. The van der Waals surface area contributed by atoms with Crippen molar-refractivity contribution in [1.82, 2.24) is 10.9 Å². The number of allylic oxidation sites excluding steroid dienone is 1. The number of hydrogen-bond donors (Lipinski definition) is 2. The normalized spacial score (nSPS) is 19.2. The molecule has 2 heteroatoms. The number of nitrogens with one attached hydrogen (secondary N) is 2. The quantitative estimate of drug-likeness (QED) is 0.523. The second kappa shape index (κ2) is 2.18. The minimum atomic E-state index is 1.00. The summed E-state index contributed by atoms with van der Waals surface area (Å²) in [5, 5.41) is 0. The molecule has 0 unspecified atom stereocenters. The van der Waals surface area contributed by atoms with E-state index in [1.165, 1.54) is 11.3 Å². The average molecular weight is 112 g/mol. The molecule has 0 fully saturated rings. The monoisotopic (exact) mass is 112 g/mol. The molecule has 0 aromatic carbocycles. The van der Waals surface area contributed by atoms with E-state index < -0.39 is 0 Å². The Labute approximate surface area is 49.9 Å². The van der Waals surface area contributed by atoms with Crippen LogP contribution in [0.15, 0.2) is 11.3 Å². The van der Waals surface area contributed by atoms with Gasteiger partial charge in [-0.1, -0.05) is 6.92 Å². The lowest BCUT2D eigenvalue weighted by atomic mass is 10.2. The van der Waals surface area contributed by atoms with Crippen LogP contribution >= 0.6 is 0 Å². The summed E-state index contributed by atoms with van der Waals surface area (Å²) in [5.74, 6) is 0. The smallest absolute Gasteiger partial charge is 0.0375 e. The van der Waals surface area contributed by atoms with E-state index in [-0.39, 0.29) is 0 Å². The van der Waals surface area contributed by atoms with E-state index >= 15 is 0 Å². The van der Waals surface area contributed by atoms with Gasteiger partial charge in [-0.3, -0.25) is 0 Å². The molecule has 0 saturated carbocycles. The van der Waals surface area contributed by atoms with Gasteiger partial charge in [0.1, 0.15) is 0 Å². The standard InChI is InChI=1S/C6H12N2/c1-3-6-5(2)4-7-8-6/h7-8H,3-4H2,1-2H3. The lowest BCUT2D eigenvalue weighted by Gasteiger charge is -1.97. The Bertz CT molecular complexity index is 116. The third-order valence-corrected chi connectivity index (χ3v) is 1.46. The number of rotatable bonds is 1. The van der Waals surface area contributed by atoms with Crippen molar-refractivity contribution in [2.75, 3.05) is 6.54 Å². The first kappa shape index (κ1) is 5.63. The first-order valence-electron chi connectivity index (χ1n) is 3.02. The van der Waals surface area contributed by atoms with Crippen molar-refractivity contribution < 1.29 is 0 Å². The van der Waals surface area contributed by atoms with E-state index in [1.54, 1.807) is 0 Å². The summed E-state index contributed by atoms with van der Waals surface area (Å²) < 4.78 is 0. The van der Waals surface area contributed by atoms with Gasteiger partial charge >= 0.3 is 0 Å². The predicted octanol–water partition coefficient (Wildman–Crippen LogP) is 0.778. The van der Waals surface area contributed by atoms with E-state index in [2.05, 4.69) is 24.7 Å². The van der Waals surface area contributed by atoms with Crippen LogP contribution in [0.2, 0.25) is 0 Å². The molecule has 0 radical (unpaired) electrons. The molecule has 2 N–H and O–H groups in total. The molecule has 0 atom stereocenters. The summed E-state index contributed by atoms with van der Waals surface area (Å²) >= 11 is 0. The van der Waals surface area contributed by atoms with E-state index in [0.717, 1.165) is 13.0 Å². The van der Waals surface area contributed by atoms with Gasteiger partial charge in [-0.25, -0.2) is 5.43 Å². The third-order valence-electron chi connectivity index (χ3n) is 1.46. The zero-order valence-electron chi connectivity index (χ0n) is 5.41.